The van der Waals surface area contributed by atoms with Gasteiger partial charge < -0.3 is 14.6 Å². The fourth-order valence-electron chi connectivity index (χ4n) is 3.23. The van der Waals surface area contributed by atoms with E-state index in [9.17, 15) is 0 Å². The molecule has 2 aromatic rings. The van der Waals surface area contributed by atoms with Crippen LogP contribution < -0.4 is 5.32 Å². The highest BCUT2D eigenvalue weighted by atomic mass is 35.5. The maximum Gasteiger partial charge on any atom is 0.135 e. The molecule has 1 aromatic carbocycles. The molecular formula is C19H24Cl2N2O. The van der Waals surface area contributed by atoms with Crippen LogP contribution in [0.3, 0.4) is 0 Å². The molecule has 24 heavy (non-hydrogen) atoms. The van der Waals surface area contributed by atoms with Gasteiger partial charge in [-0.05, 0) is 63.2 Å². The van der Waals surface area contributed by atoms with Crippen molar-refractivity contribution in [3.05, 3.63) is 46.1 Å². The Morgan fingerprint density at radius 3 is 2.71 bits per heavy atom. The van der Waals surface area contributed by atoms with Crippen molar-refractivity contribution in [3.8, 4) is 11.3 Å². The Hall–Kier alpha value is -1.000. The van der Waals surface area contributed by atoms with Gasteiger partial charge in [0, 0.05) is 11.6 Å². The summed E-state index contributed by atoms with van der Waals surface area (Å²) in [6.45, 7) is 6.58. The molecular weight excluding hydrogens is 343 g/mol. The Morgan fingerprint density at radius 1 is 1.17 bits per heavy atom. The van der Waals surface area contributed by atoms with Crippen molar-refractivity contribution < 1.29 is 4.42 Å². The van der Waals surface area contributed by atoms with Gasteiger partial charge in [-0.3, -0.25) is 0 Å². The Kier molecular flexibility index (Phi) is 6.23. The molecule has 1 fully saturated rings. The van der Waals surface area contributed by atoms with Crippen molar-refractivity contribution in [3.63, 3.8) is 0 Å². The second kappa shape index (κ2) is 8.39. The zero-order valence-corrected chi connectivity index (χ0v) is 15.5. The molecule has 1 aliphatic rings. The van der Waals surface area contributed by atoms with Crippen molar-refractivity contribution >= 4 is 23.2 Å². The van der Waals surface area contributed by atoms with Crippen LogP contribution in [0, 0.1) is 0 Å². The van der Waals surface area contributed by atoms with Crippen LogP contribution >= 0.6 is 23.2 Å². The average Bonchev–Trinajstić information content (AvgIpc) is 3.06. The number of furan rings is 1. The van der Waals surface area contributed by atoms with Crippen molar-refractivity contribution in [1.29, 1.82) is 0 Å². The fourth-order valence-corrected chi connectivity index (χ4v) is 3.63. The smallest absolute Gasteiger partial charge is 0.135 e. The molecule has 1 saturated heterocycles. The van der Waals surface area contributed by atoms with Gasteiger partial charge in [-0.15, -0.1) is 0 Å². The minimum atomic E-state index is 0.538. The van der Waals surface area contributed by atoms with Crippen LogP contribution in [0.15, 0.2) is 34.7 Å². The van der Waals surface area contributed by atoms with Crippen molar-refractivity contribution in [1.82, 2.24) is 10.2 Å². The molecule has 1 aliphatic heterocycles. The first-order valence-electron chi connectivity index (χ1n) is 8.66. The number of halogens is 2. The lowest BCUT2D eigenvalue weighted by molar-refractivity contribution is 0.196. The number of nitrogens with zero attached hydrogens (tertiary/aromatic N) is 1. The van der Waals surface area contributed by atoms with Gasteiger partial charge in [0.25, 0.3) is 0 Å². The van der Waals surface area contributed by atoms with E-state index in [1.165, 1.54) is 38.9 Å². The number of rotatable bonds is 6. The largest absolute Gasteiger partial charge is 0.460 e. The van der Waals surface area contributed by atoms with Gasteiger partial charge in [-0.2, -0.15) is 0 Å². The van der Waals surface area contributed by atoms with Crippen LogP contribution in [0.5, 0.6) is 0 Å². The third-order valence-corrected chi connectivity index (χ3v) is 5.39. The minimum absolute atomic E-state index is 0.538. The monoisotopic (exact) mass is 366 g/mol. The van der Waals surface area contributed by atoms with Gasteiger partial charge in [0.05, 0.1) is 16.6 Å². The first-order valence-corrected chi connectivity index (χ1v) is 9.41. The van der Waals surface area contributed by atoms with Crippen LogP contribution in [-0.2, 0) is 6.54 Å². The Balaban J connectivity index is 1.54. The number of hydrogen-bond donors (Lipinski definition) is 1. The first kappa shape index (κ1) is 17.8. The summed E-state index contributed by atoms with van der Waals surface area (Å²) in [6, 6.07) is 10.1. The molecule has 0 bridgehead atoms. The summed E-state index contributed by atoms with van der Waals surface area (Å²) in [5.74, 6) is 1.69. The van der Waals surface area contributed by atoms with E-state index >= 15 is 0 Å². The van der Waals surface area contributed by atoms with Gasteiger partial charge >= 0.3 is 0 Å². The molecule has 3 nitrogen and oxygen atoms in total. The molecule has 1 N–H and O–H groups in total. The third-order valence-electron chi connectivity index (χ3n) is 4.57. The zero-order valence-electron chi connectivity index (χ0n) is 14.0. The molecule has 0 atom stereocenters. The van der Waals surface area contributed by atoms with Crippen LogP contribution in [0.2, 0.25) is 10.0 Å². The van der Waals surface area contributed by atoms with Crippen LogP contribution in [0.1, 0.15) is 31.9 Å². The summed E-state index contributed by atoms with van der Waals surface area (Å²) in [5.41, 5.74) is 0.836. The highest BCUT2D eigenvalue weighted by molar-refractivity contribution is 6.43. The van der Waals surface area contributed by atoms with Gasteiger partial charge in [0.2, 0.25) is 0 Å². The summed E-state index contributed by atoms with van der Waals surface area (Å²) in [5, 5.41) is 4.70. The SMILES string of the molecule is CCCN1CCC(NCc2ccc(-c3cccc(Cl)c3Cl)o2)CC1. The van der Waals surface area contributed by atoms with E-state index in [2.05, 4.69) is 17.1 Å². The standard InChI is InChI=1S/C19H24Cl2N2O/c1-2-10-23-11-8-14(9-12-23)22-13-15-6-7-18(24-15)16-4-3-5-17(20)19(16)21/h3-7,14,22H,2,8-13H2,1H3. The molecule has 130 valence electrons. The summed E-state index contributed by atoms with van der Waals surface area (Å²) >= 11 is 12.3. The number of benzene rings is 1. The lowest BCUT2D eigenvalue weighted by Crippen LogP contribution is -2.42. The molecule has 0 radical (unpaired) electrons. The Bertz CT molecular complexity index is 663. The summed E-state index contributed by atoms with van der Waals surface area (Å²) < 4.78 is 5.94. The quantitative estimate of drug-likeness (QED) is 0.759. The molecule has 0 amide bonds. The van der Waals surface area contributed by atoms with E-state index in [1.54, 1.807) is 6.07 Å². The van der Waals surface area contributed by atoms with Gasteiger partial charge in [-0.25, -0.2) is 0 Å². The van der Waals surface area contributed by atoms with Gasteiger partial charge in [-0.1, -0.05) is 36.2 Å². The zero-order chi connectivity index (χ0) is 16.9. The predicted octanol–water partition coefficient (Wildman–Crippen LogP) is 5.22. The van der Waals surface area contributed by atoms with E-state index in [-0.39, 0.29) is 0 Å². The molecule has 1 aromatic heterocycles. The fraction of sp³-hybridized carbons (Fsp3) is 0.474. The molecule has 0 spiro atoms. The first-order chi connectivity index (χ1) is 11.7. The highest BCUT2D eigenvalue weighted by Gasteiger charge is 2.18. The summed E-state index contributed by atoms with van der Waals surface area (Å²) in [6.07, 6.45) is 3.64. The van der Waals surface area contributed by atoms with E-state index in [0.717, 1.165) is 23.6 Å². The van der Waals surface area contributed by atoms with E-state index in [1.807, 2.05) is 24.3 Å². The lowest BCUT2D eigenvalue weighted by atomic mass is 10.0. The van der Waals surface area contributed by atoms with Crippen molar-refractivity contribution in [2.75, 3.05) is 19.6 Å². The topological polar surface area (TPSA) is 28.4 Å². The second-order valence-corrected chi connectivity index (χ2v) is 7.15. The molecule has 5 heteroatoms. The average molecular weight is 367 g/mol. The molecule has 0 unspecified atom stereocenters. The summed E-state index contributed by atoms with van der Waals surface area (Å²) in [4.78, 5) is 2.55. The van der Waals surface area contributed by atoms with Gasteiger partial charge in [0.15, 0.2) is 0 Å². The van der Waals surface area contributed by atoms with Crippen LogP contribution in [-0.4, -0.2) is 30.6 Å². The highest BCUT2D eigenvalue weighted by Crippen LogP contribution is 2.34. The predicted molar refractivity (Wildman–Crippen MR) is 101 cm³/mol. The Morgan fingerprint density at radius 2 is 1.96 bits per heavy atom. The van der Waals surface area contributed by atoms with E-state index < -0.39 is 0 Å². The Labute approximate surface area is 153 Å². The van der Waals surface area contributed by atoms with Crippen LogP contribution in [0.25, 0.3) is 11.3 Å². The van der Waals surface area contributed by atoms with Gasteiger partial charge in [0.1, 0.15) is 11.5 Å². The number of hydrogen-bond acceptors (Lipinski definition) is 3. The minimum Gasteiger partial charge on any atom is -0.460 e. The molecule has 0 saturated carbocycles. The molecule has 3 rings (SSSR count). The van der Waals surface area contributed by atoms with Crippen molar-refractivity contribution in [2.45, 2.75) is 38.8 Å². The molecule has 2 heterocycles. The second-order valence-electron chi connectivity index (χ2n) is 6.36. The lowest BCUT2D eigenvalue weighted by Gasteiger charge is -2.32. The number of piperidine rings is 1. The number of likely N-dealkylation sites (tertiary alicyclic amines) is 1. The third kappa shape index (κ3) is 4.34. The maximum absolute atomic E-state index is 6.26. The van der Waals surface area contributed by atoms with E-state index in [0.29, 0.717) is 16.1 Å². The number of nitrogens with one attached hydrogen (secondary N) is 1. The van der Waals surface area contributed by atoms with Crippen LogP contribution in [0.4, 0.5) is 0 Å². The van der Waals surface area contributed by atoms with E-state index in [4.69, 9.17) is 27.6 Å². The maximum atomic E-state index is 6.26. The normalized spacial score (nSPS) is 16.6. The summed E-state index contributed by atoms with van der Waals surface area (Å²) in [7, 11) is 0. The molecule has 0 aliphatic carbocycles. The van der Waals surface area contributed by atoms with Crippen molar-refractivity contribution in [2.24, 2.45) is 0 Å².